The highest BCUT2D eigenvalue weighted by molar-refractivity contribution is 7.10. The highest BCUT2D eigenvalue weighted by Gasteiger charge is 2.19. The van der Waals surface area contributed by atoms with E-state index in [4.69, 9.17) is 0 Å². The van der Waals surface area contributed by atoms with Crippen LogP contribution >= 0.6 is 11.3 Å². The molecule has 0 fully saturated rings. The van der Waals surface area contributed by atoms with Crippen LogP contribution in [0.1, 0.15) is 34.7 Å². The Bertz CT molecular complexity index is 490. The van der Waals surface area contributed by atoms with Gasteiger partial charge in [-0.3, -0.25) is 4.98 Å². The SMILES string of the molecule is CCNC(c1ncccc1C)c1sccc1C. The normalized spacial score (nSPS) is 12.6. The number of pyridine rings is 1. The van der Waals surface area contributed by atoms with Crippen molar-refractivity contribution in [3.8, 4) is 0 Å². The van der Waals surface area contributed by atoms with Gasteiger partial charge in [0.15, 0.2) is 0 Å². The number of aryl methyl sites for hydroxylation is 2. The summed E-state index contributed by atoms with van der Waals surface area (Å²) in [5, 5.41) is 5.68. The molecule has 0 aliphatic carbocycles. The Morgan fingerprint density at radius 1 is 1.29 bits per heavy atom. The van der Waals surface area contributed by atoms with Crippen LogP contribution in [0.3, 0.4) is 0 Å². The molecule has 3 heteroatoms. The summed E-state index contributed by atoms with van der Waals surface area (Å²) in [6, 6.07) is 6.50. The molecular formula is C14H18N2S. The summed E-state index contributed by atoms with van der Waals surface area (Å²) in [4.78, 5) is 5.91. The second-order valence-corrected chi connectivity index (χ2v) is 5.11. The number of thiophene rings is 1. The molecule has 0 saturated heterocycles. The Hall–Kier alpha value is -1.19. The topological polar surface area (TPSA) is 24.9 Å². The monoisotopic (exact) mass is 246 g/mol. The quantitative estimate of drug-likeness (QED) is 0.893. The van der Waals surface area contributed by atoms with Gasteiger partial charge in [-0.05, 0) is 49.0 Å². The lowest BCUT2D eigenvalue weighted by Crippen LogP contribution is -2.23. The van der Waals surface area contributed by atoms with E-state index < -0.39 is 0 Å². The molecule has 17 heavy (non-hydrogen) atoms. The van der Waals surface area contributed by atoms with E-state index in [-0.39, 0.29) is 6.04 Å². The third-order valence-electron chi connectivity index (χ3n) is 2.90. The van der Waals surface area contributed by atoms with Crippen molar-refractivity contribution < 1.29 is 0 Å². The third kappa shape index (κ3) is 2.56. The van der Waals surface area contributed by atoms with Crippen LogP contribution in [0, 0.1) is 13.8 Å². The van der Waals surface area contributed by atoms with Crippen LogP contribution in [0.25, 0.3) is 0 Å². The minimum Gasteiger partial charge on any atom is -0.305 e. The molecule has 0 aliphatic heterocycles. The molecule has 2 aromatic heterocycles. The average molecular weight is 246 g/mol. The van der Waals surface area contributed by atoms with Gasteiger partial charge in [-0.15, -0.1) is 11.3 Å². The largest absolute Gasteiger partial charge is 0.305 e. The van der Waals surface area contributed by atoms with Crippen LogP contribution in [0.2, 0.25) is 0 Å². The zero-order chi connectivity index (χ0) is 12.3. The van der Waals surface area contributed by atoms with Gasteiger partial charge < -0.3 is 5.32 Å². The maximum atomic E-state index is 4.54. The predicted molar refractivity (Wildman–Crippen MR) is 73.5 cm³/mol. The molecule has 2 aromatic rings. The first-order chi connectivity index (χ1) is 8.24. The van der Waals surface area contributed by atoms with Crippen LogP contribution in [0.4, 0.5) is 0 Å². The maximum absolute atomic E-state index is 4.54. The lowest BCUT2D eigenvalue weighted by molar-refractivity contribution is 0.618. The van der Waals surface area contributed by atoms with E-state index in [1.165, 1.54) is 16.0 Å². The van der Waals surface area contributed by atoms with E-state index in [1.54, 1.807) is 11.3 Å². The molecule has 1 atom stereocenters. The Kier molecular flexibility index (Phi) is 3.92. The molecule has 1 N–H and O–H groups in total. The van der Waals surface area contributed by atoms with Crippen molar-refractivity contribution in [2.75, 3.05) is 6.54 Å². The van der Waals surface area contributed by atoms with Crippen LogP contribution in [0.15, 0.2) is 29.8 Å². The summed E-state index contributed by atoms with van der Waals surface area (Å²) in [5.74, 6) is 0. The average Bonchev–Trinajstić information content (AvgIpc) is 2.74. The first-order valence-corrected chi connectivity index (χ1v) is 6.81. The molecule has 0 bridgehead atoms. The molecule has 1 unspecified atom stereocenters. The Balaban J connectivity index is 2.43. The Labute approximate surface area is 107 Å². The summed E-state index contributed by atoms with van der Waals surface area (Å²) >= 11 is 1.80. The molecular weight excluding hydrogens is 228 g/mol. The fourth-order valence-corrected chi connectivity index (χ4v) is 3.00. The van der Waals surface area contributed by atoms with E-state index >= 15 is 0 Å². The number of aromatic nitrogens is 1. The van der Waals surface area contributed by atoms with Gasteiger partial charge >= 0.3 is 0 Å². The summed E-state index contributed by atoms with van der Waals surface area (Å²) in [6.45, 7) is 7.36. The standard InChI is InChI=1S/C14H18N2S/c1-4-15-13(14-11(3)7-9-17-14)12-10(2)6-5-8-16-12/h5-9,13,15H,4H2,1-3H3. The van der Waals surface area contributed by atoms with Gasteiger partial charge in [-0.1, -0.05) is 13.0 Å². The lowest BCUT2D eigenvalue weighted by atomic mass is 10.0. The molecule has 2 rings (SSSR count). The second kappa shape index (κ2) is 5.43. The zero-order valence-corrected chi connectivity index (χ0v) is 11.3. The van der Waals surface area contributed by atoms with Gasteiger partial charge in [-0.2, -0.15) is 0 Å². The highest BCUT2D eigenvalue weighted by atomic mass is 32.1. The van der Waals surface area contributed by atoms with Gasteiger partial charge in [0.25, 0.3) is 0 Å². The summed E-state index contributed by atoms with van der Waals surface area (Å²) in [7, 11) is 0. The van der Waals surface area contributed by atoms with Crippen molar-refractivity contribution in [3.63, 3.8) is 0 Å². The van der Waals surface area contributed by atoms with Gasteiger partial charge in [0.05, 0.1) is 11.7 Å². The van der Waals surface area contributed by atoms with Crippen LogP contribution in [-0.4, -0.2) is 11.5 Å². The van der Waals surface area contributed by atoms with E-state index in [9.17, 15) is 0 Å². The second-order valence-electron chi connectivity index (χ2n) is 4.16. The van der Waals surface area contributed by atoms with Crippen LogP contribution < -0.4 is 5.32 Å². The number of nitrogens with zero attached hydrogens (tertiary/aromatic N) is 1. The van der Waals surface area contributed by atoms with Crippen LogP contribution in [0.5, 0.6) is 0 Å². The number of hydrogen-bond acceptors (Lipinski definition) is 3. The fourth-order valence-electron chi connectivity index (χ4n) is 2.00. The Morgan fingerprint density at radius 3 is 2.71 bits per heavy atom. The van der Waals surface area contributed by atoms with Crippen molar-refractivity contribution in [1.82, 2.24) is 10.3 Å². The van der Waals surface area contributed by atoms with Crippen molar-refractivity contribution in [2.45, 2.75) is 26.8 Å². The van der Waals surface area contributed by atoms with Crippen molar-refractivity contribution in [2.24, 2.45) is 0 Å². The van der Waals surface area contributed by atoms with Gasteiger partial charge in [0, 0.05) is 11.1 Å². The summed E-state index contributed by atoms with van der Waals surface area (Å²) in [5.41, 5.74) is 3.72. The van der Waals surface area contributed by atoms with E-state index in [0.717, 1.165) is 12.2 Å². The minimum atomic E-state index is 0.223. The van der Waals surface area contributed by atoms with Crippen molar-refractivity contribution in [1.29, 1.82) is 0 Å². The third-order valence-corrected chi connectivity index (χ3v) is 3.98. The van der Waals surface area contributed by atoms with E-state index in [0.29, 0.717) is 0 Å². The molecule has 0 radical (unpaired) electrons. The molecule has 0 amide bonds. The first-order valence-electron chi connectivity index (χ1n) is 5.93. The number of rotatable bonds is 4. The summed E-state index contributed by atoms with van der Waals surface area (Å²) < 4.78 is 0. The molecule has 2 heterocycles. The molecule has 0 saturated carbocycles. The minimum absolute atomic E-state index is 0.223. The lowest BCUT2D eigenvalue weighted by Gasteiger charge is -2.19. The van der Waals surface area contributed by atoms with Crippen LogP contribution in [-0.2, 0) is 0 Å². The number of nitrogens with one attached hydrogen (secondary N) is 1. The smallest absolute Gasteiger partial charge is 0.0850 e. The maximum Gasteiger partial charge on any atom is 0.0850 e. The highest BCUT2D eigenvalue weighted by Crippen LogP contribution is 2.29. The van der Waals surface area contributed by atoms with E-state index in [1.807, 2.05) is 12.3 Å². The zero-order valence-electron chi connectivity index (χ0n) is 10.5. The Morgan fingerprint density at radius 2 is 2.12 bits per heavy atom. The van der Waals surface area contributed by atoms with Crippen molar-refractivity contribution in [3.05, 3.63) is 51.5 Å². The molecule has 2 nitrogen and oxygen atoms in total. The van der Waals surface area contributed by atoms with Gasteiger partial charge in [0.1, 0.15) is 0 Å². The molecule has 0 aliphatic rings. The van der Waals surface area contributed by atoms with Crippen molar-refractivity contribution >= 4 is 11.3 Å². The number of hydrogen-bond donors (Lipinski definition) is 1. The van der Waals surface area contributed by atoms with E-state index in [2.05, 4.69) is 48.6 Å². The molecule has 0 aromatic carbocycles. The molecule has 0 spiro atoms. The van der Waals surface area contributed by atoms with Gasteiger partial charge in [0.2, 0.25) is 0 Å². The fraction of sp³-hybridized carbons (Fsp3) is 0.357. The van der Waals surface area contributed by atoms with Gasteiger partial charge in [-0.25, -0.2) is 0 Å². The first kappa shape index (κ1) is 12.3. The summed E-state index contributed by atoms with van der Waals surface area (Å²) in [6.07, 6.45) is 1.87. The molecule has 90 valence electrons. The predicted octanol–water partition coefficient (Wildman–Crippen LogP) is 3.46.